The Hall–Kier alpha value is -2.29. The number of carbonyl (C=O) groups excluding carboxylic acids is 1. The molecule has 0 aliphatic heterocycles. The molecule has 0 aliphatic carbocycles. The fourth-order valence-electron chi connectivity index (χ4n) is 2.37. The number of hydrogen-bond donors (Lipinski definition) is 1. The van der Waals surface area contributed by atoms with Crippen molar-refractivity contribution in [3.63, 3.8) is 0 Å². The van der Waals surface area contributed by atoms with Crippen LogP contribution in [0.15, 0.2) is 42.5 Å². The molecule has 2 rings (SSSR count). The summed E-state index contributed by atoms with van der Waals surface area (Å²) in [4.78, 5) is 13.0. The lowest BCUT2D eigenvalue weighted by atomic mass is 9.77. The van der Waals surface area contributed by atoms with E-state index in [1.807, 2.05) is 63.2 Å². The van der Waals surface area contributed by atoms with Gasteiger partial charge in [0.25, 0.3) is 0 Å². The second kappa shape index (κ2) is 5.60. The van der Waals surface area contributed by atoms with E-state index in [0.717, 1.165) is 11.1 Å². The van der Waals surface area contributed by atoms with E-state index in [9.17, 15) is 4.79 Å². The third kappa shape index (κ3) is 2.92. The summed E-state index contributed by atoms with van der Waals surface area (Å²) < 4.78 is 5.33. The Labute approximate surface area is 125 Å². The van der Waals surface area contributed by atoms with Gasteiger partial charge in [-0.05, 0) is 50.6 Å². The van der Waals surface area contributed by atoms with Gasteiger partial charge in [0.05, 0.1) is 18.1 Å². The van der Waals surface area contributed by atoms with E-state index >= 15 is 0 Å². The maximum atomic E-state index is 13.0. The van der Waals surface area contributed by atoms with E-state index in [0.29, 0.717) is 17.0 Å². The monoisotopic (exact) mass is 283 g/mol. The van der Waals surface area contributed by atoms with Gasteiger partial charge >= 0.3 is 0 Å². The van der Waals surface area contributed by atoms with Crippen molar-refractivity contribution in [2.24, 2.45) is 0 Å². The molecule has 0 amide bonds. The summed E-state index contributed by atoms with van der Waals surface area (Å²) >= 11 is 0. The average molecular weight is 283 g/mol. The zero-order chi connectivity index (χ0) is 15.6. The molecular formula is C18H21NO2. The first-order valence-electron chi connectivity index (χ1n) is 6.91. The lowest BCUT2D eigenvalue weighted by Crippen LogP contribution is -2.29. The van der Waals surface area contributed by atoms with Gasteiger partial charge in [-0.2, -0.15) is 0 Å². The van der Waals surface area contributed by atoms with Crippen LogP contribution in [0.2, 0.25) is 0 Å². The number of benzene rings is 2. The largest absolute Gasteiger partial charge is 0.496 e. The SMILES string of the molecule is COc1ccc(C)cc1C(=O)C(C)(C)c1ccc(N)cc1. The first kappa shape index (κ1) is 15.1. The van der Waals surface area contributed by atoms with E-state index < -0.39 is 5.41 Å². The van der Waals surface area contributed by atoms with E-state index in [2.05, 4.69) is 0 Å². The lowest BCUT2D eigenvalue weighted by Gasteiger charge is -2.25. The maximum absolute atomic E-state index is 13.0. The van der Waals surface area contributed by atoms with Crippen molar-refractivity contribution in [2.75, 3.05) is 12.8 Å². The Morgan fingerprint density at radius 3 is 2.29 bits per heavy atom. The number of aryl methyl sites for hydroxylation is 1. The lowest BCUT2D eigenvalue weighted by molar-refractivity contribution is 0.0905. The van der Waals surface area contributed by atoms with Crippen molar-refractivity contribution < 1.29 is 9.53 Å². The Morgan fingerprint density at radius 2 is 1.71 bits per heavy atom. The minimum Gasteiger partial charge on any atom is -0.496 e. The third-order valence-corrected chi connectivity index (χ3v) is 3.80. The van der Waals surface area contributed by atoms with Gasteiger partial charge in [0, 0.05) is 5.69 Å². The summed E-state index contributed by atoms with van der Waals surface area (Å²) in [5.74, 6) is 0.641. The fraction of sp³-hybridized carbons (Fsp3) is 0.278. The molecule has 0 radical (unpaired) electrons. The molecule has 3 heteroatoms. The van der Waals surface area contributed by atoms with Crippen LogP contribution < -0.4 is 10.5 Å². The number of nitrogens with two attached hydrogens (primary N) is 1. The van der Waals surface area contributed by atoms with Gasteiger partial charge in [-0.1, -0.05) is 23.8 Å². The fourth-order valence-corrected chi connectivity index (χ4v) is 2.37. The van der Waals surface area contributed by atoms with E-state index in [-0.39, 0.29) is 5.78 Å². The summed E-state index contributed by atoms with van der Waals surface area (Å²) in [6.45, 7) is 5.80. The normalized spacial score (nSPS) is 11.2. The van der Waals surface area contributed by atoms with Gasteiger partial charge in [0.15, 0.2) is 5.78 Å². The van der Waals surface area contributed by atoms with Crippen LogP contribution in [0.25, 0.3) is 0 Å². The molecule has 0 heterocycles. The molecule has 21 heavy (non-hydrogen) atoms. The number of ether oxygens (including phenoxy) is 1. The van der Waals surface area contributed by atoms with Crippen LogP contribution in [0, 0.1) is 6.92 Å². The summed E-state index contributed by atoms with van der Waals surface area (Å²) in [6, 6.07) is 13.1. The number of ketones is 1. The molecule has 2 N–H and O–H groups in total. The Balaban J connectivity index is 2.47. The predicted molar refractivity (Wildman–Crippen MR) is 85.9 cm³/mol. The molecule has 3 nitrogen and oxygen atoms in total. The van der Waals surface area contributed by atoms with Crippen molar-refractivity contribution in [1.29, 1.82) is 0 Å². The van der Waals surface area contributed by atoms with E-state index in [1.54, 1.807) is 7.11 Å². The quantitative estimate of drug-likeness (QED) is 0.687. The van der Waals surface area contributed by atoms with E-state index in [4.69, 9.17) is 10.5 Å². The van der Waals surface area contributed by atoms with Gasteiger partial charge in [-0.25, -0.2) is 0 Å². The van der Waals surface area contributed by atoms with Crippen LogP contribution in [0.4, 0.5) is 5.69 Å². The highest BCUT2D eigenvalue weighted by Crippen LogP contribution is 2.32. The minimum atomic E-state index is -0.644. The highest BCUT2D eigenvalue weighted by molar-refractivity contribution is 6.05. The molecule has 0 saturated heterocycles. The van der Waals surface area contributed by atoms with Gasteiger partial charge in [0.2, 0.25) is 0 Å². The summed E-state index contributed by atoms with van der Waals surface area (Å²) in [7, 11) is 1.58. The Bertz CT molecular complexity index is 657. The molecule has 0 atom stereocenters. The van der Waals surface area contributed by atoms with Gasteiger partial charge in [-0.15, -0.1) is 0 Å². The number of Topliss-reactive ketones (excluding diaryl/α,β-unsaturated/α-hetero) is 1. The highest BCUT2D eigenvalue weighted by atomic mass is 16.5. The van der Waals surface area contributed by atoms with E-state index in [1.165, 1.54) is 0 Å². The van der Waals surface area contributed by atoms with Gasteiger partial charge < -0.3 is 10.5 Å². The molecule has 0 aliphatic rings. The summed E-state index contributed by atoms with van der Waals surface area (Å²) in [5, 5.41) is 0. The molecule has 2 aromatic rings. The first-order chi connectivity index (χ1) is 9.86. The second-order valence-corrected chi connectivity index (χ2v) is 5.78. The number of anilines is 1. The minimum absolute atomic E-state index is 0.0350. The number of rotatable bonds is 4. The molecule has 2 aromatic carbocycles. The summed E-state index contributed by atoms with van der Waals surface area (Å²) in [6.07, 6.45) is 0. The van der Waals surface area contributed by atoms with Crippen molar-refractivity contribution in [3.05, 3.63) is 59.2 Å². The van der Waals surface area contributed by atoms with Gasteiger partial charge in [-0.3, -0.25) is 4.79 Å². The zero-order valence-electron chi connectivity index (χ0n) is 12.9. The topological polar surface area (TPSA) is 52.3 Å². The number of hydrogen-bond acceptors (Lipinski definition) is 3. The highest BCUT2D eigenvalue weighted by Gasteiger charge is 2.32. The average Bonchev–Trinajstić information content (AvgIpc) is 2.46. The zero-order valence-corrected chi connectivity index (χ0v) is 12.9. The Morgan fingerprint density at radius 1 is 1.10 bits per heavy atom. The first-order valence-corrected chi connectivity index (χ1v) is 6.91. The van der Waals surface area contributed by atoms with Crippen molar-refractivity contribution in [2.45, 2.75) is 26.2 Å². The van der Waals surface area contributed by atoms with Crippen LogP contribution in [-0.2, 0) is 5.41 Å². The molecule has 110 valence electrons. The molecule has 0 aromatic heterocycles. The number of methoxy groups -OCH3 is 1. The Kier molecular flexibility index (Phi) is 4.03. The van der Waals surface area contributed by atoms with Crippen LogP contribution >= 0.6 is 0 Å². The molecule has 0 saturated carbocycles. The number of nitrogen functional groups attached to an aromatic ring is 1. The molecule has 0 unspecified atom stereocenters. The van der Waals surface area contributed by atoms with Crippen molar-refractivity contribution in [3.8, 4) is 5.75 Å². The molecular weight excluding hydrogens is 262 g/mol. The maximum Gasteiger partial charge on any atom is 0.176 e. The molecule has 0 bridgehead atoms. The second-order valence-electron chi connectivity index (χ2n) is 5.78. The predicted octanol–water partition coefficient (Wildman–Crippen LogP) is 3.75. The standard InChI is InChI=1S/C18H21NO2/c1-12-5-10-16(21-4)15(11-12)17(20)18(2,3)13-6-8-14(19)9-7-13/h5-11H,19H2,1-4H3. The van der Waals surface area contributed by atoms with Gasteiger partial charge in [0.1, 0.15) is 5.75 Å². The number of carbonyl (C=O) groups is 1. The van der Waals surface area contributed by atoms with Crippen LogP contribution in [0.3, 0.4) is 0 Å². The summed E-state index contributed by atoms with van der Waals surface area (Å²) in [5.41, 5.74) is 8.34. The van der Waals surface area contributed by atoms with Crippen molar-refractivity contribution in [1.82, 2.24) is 0 Å². The smallest absolute Gasteiger partial charge is 0.176 e. The van der Waals surface area contributed by atoms with Crippen LogP contribution in [-0.4, -0.2) is 12.9 Å². The van der Waals surface area contributed by atoms with Crippen LogP contribution in [0.1, 0.15) is 35.3 Å². The van der Waals surface area contributed by atoms with Crippen LogP contribution in [0.5, 0.6) is 5.75 Å². The molecule has 0 spiro atoms. The van der Waals surface area contributed by atoms with Crippen molar-refractivity contribution >= 4 is 11.5 Å². The molecule has 0 fully saturated rings. The third-order valence-electron chi connectivity index (χ3n) is 3.80.